The molecule has 0 spiro atoms. The van der Waals surface area contributed by atoms with E-state index in [0.29, 0.717) is 11.3 Å². The number of hydrogen-bond acceptors (Lipinski definition) is 3. The van der Waals surface area contributed by atoms with Gasteiger partial charge >= 0.3 is 6.09 Å². The van der Waals surface area contributed by atoms with E-state index >= 15 is 0 Å². The number of carboxylic acid groups (broad SMARTS) is 1. The lowest BCUT2D eigenvalue weighted by atomic mass is 10.1. The van der Waals surface area contributed by atoms with Gasteiger partial charge in [0.05, 0.1) is 0 Å². The van der Waals surface area contributed by atoms with Crippen molar-refractivity contribution in [3.05, 3.63) is 0 Å². The summed E-state index contributed by atoms with van der Waals surface area (Å²) in [7, 11) is 0. The lowest BCUT2D eigenvalue weighted by Crippen LogP contribution is -2.52. The van der Waals surface area contributed by atoms with E-state index in [0.717, 1.165) is 32.4 Å². The largest absolute Gasteiger partial charge is 0.465 e. The monoisotopic (exact) mass is 216 g/mol. The predicted octanol–water partition coefficient (Wildman–Crippen LogP) is 0.789. The molecule has 80 valence electrons. The minimum atomic E-state index is -0.897. The molecule has 0 aromatic heterocycles. The fourth-order valence-electron chi connectivity index (χ4n) is 2.38. The third kappa shape index (κ3) is 2.15. The van der Waals surface area contributed by atoms with Crippen LogP contribution in [-0.2, 0) is 0 Å². The van der Waals surface area contributed by atoms with Crippen molar-refractivity contribution < 1.29 is 9.90 Å². The van der Waals surface area contributed by atoms with Crippen LogP contribution in [0.4, 0.5) is 4.79 Å². The Hall–Kier alpha value is -0.420. The summed E-state index contributed by atoms with van der Waals surface area (Å²) in [6.07, 6.45) is 2.16. The smallest absolute Gasteiger partial charge is 0.404 e. The fourth-order valence-corrected chi connectivity index (χ4v) is 2.80. The molecule has 2 atom stereocenters. The third-order valence-electron chi connectivity index (χ3n) is 3.14. The Morgan fingerprint density at radius 2 is 2.14 bits per heavy atom. The molecule has 1 aliphatic heterocycles. The number of thiol groups is 1. The van der Waals surface area contributed by atoms with Crippen molar-refractivity contribution in [2.24, 2.45) is 0 Å². The molecule has 2 fully saturated rings. The van der Waals surface area contributed by atoms with Gasteiger partial charge in [0.15, 0.2) is 0 Å². The van der Waals surface area contributed by atoms with Crippen LogP contribution in [0.25, 0.3) is 0 Å². The highest BCUT2D eigenvalue weighted by Crippen LogP contribution is 2.28. The lowest BCUT2D eigenvalue weighted by Gasteiger charge is -2.41. The maximum Gasteiger partial charge on any atom is 0.404 e. The van der Waals surface area contributed by atoms with E-state index in [1.165, 1.54) is 0 Å². The molecule has 2 rings (SSSR count). The van der Waals surface area contributed by atoms with Gasteiger partial charge in [0.2, 0.25) is 0 Å². The van der Waals surface area contributed by atoms with Gasteiger partial charge in [-0.25, -0.2) is 4.79 Å². The summed E-state index contributed by atoms with van der Waals surface area (Å²) in [6, 6.07) is 0.742. The molecule has 0 radical (unpaired) electrons. The summed E-state index contributed by atoms with van der Waals surface area (Å²) >= 11 is 4.36. The Balaban J connectivity index is 1.74. The molecule has 1 saturated heterocycles. The number of likely N-dealkylation sites (tertiary alicyclic amines) is 1. The van der Waals surface area contributed by atoms with Crippen LogP contribution in [0, 0.1) is 0 Å². The van der Waals surface area contributed by atoms with E-state index in [4.69, 9.17) is 5.11 Å². The summed E-state index contributed by atoms with van der Waals surface area (Å²) in [5.41, 5.74) is 0. The van der Waals surface area contributed by atoms with Gasteiger partial charge in [0, 0.05) is 30.4 Å². The number of amides is 1. The van der Waals surface area contributed by atoms with Crippen molar-refractivity contribution in [1.29, 1.82) is 0 Å². The first kappa shape index (κ1) is 10.1. The van der Waals surface area contributed by atoms with Gasteiger partial charge < -0.3 is 10.4 Å². The molecule has 1 aliphatic carbocycles. The molecule has 0 unspecified atom stereocenters. The second kappa shape index (κ2) is 3.98. The van der Waals surface area contributed by atoms with Crippen molar-refractivity contribution in [1.82, 2.24) is 10.2 Å². The minimum absolute atomic E-state index is 0.163. The second-order valence-electron chi connectivity index (χ2n) is 4.22. The maximum atomic E-state index is 10.4. The van der Waals surface area contributed by atoms with E-state index in [1.54, 1.807) is 0 Å². The van der Waals surface area contributed by atoms with E-state index in [2.05, 4.69) is 22.8 Å². The third-order valence-corrected chi connectivity index (χ3v) is 3.47. The highest BCUT2D eigenvalue weighted by Gasteiger charge is 2.35. The molecule has 5 heteroatoms. The topological polar surface area (TPSA) is 52.6 Å². The van der Waals surface area contributed by atoms with Crippen LogP contribution in [-0.4, -0.2) is 46.5 Å². The van der Waals surface area contributed by atoms with Gasteiger partial charge in [-0.15, -0.1) is 0 Å². The molecule has 4 nitrogen and oxygen atoms in total. The number of carbonyl (C=O) groups is 1. The van der Waals surface area contributed by atoms with Crippen molar-refractivity contribution >= 4 is 18.7 Å². The first-order valence-corrected chi connectivity index (χ1v) is 5.58. The molecule has 0 aromatic carbocycles. The van der Waals surface area contributed by atoms with E-state index in [1.807, 2.05) is 0 Å². The first-order chi connectivity index (χ1) is 6.65. The highest BCUT2D eigenvalue weighted by atomic mass is 32.1. The summed E-state index contributed by atoms with van der Waals surface area (Å²) in [5.74, 6) is 0. The van der Waals surface area contributed by atoms with Crippen LogP contribution in [0.1, 0.15) is 19.3 Å². The molecule has 14 heavy (non-hydrogen) atoms. The van der Waals surface area contributed by atoms with Gasteiger partial charge in [0.25, 0.3) is 0 Å². The molecule has 1 heterocycles. The zero-order chi connectivity index (χ0) is 10.1. The van der Waals surface area contributed by atoms with Crippen LogP contribution in [0.2, 0.25) is 0 Å². The Morgan fingerprint density at radius 1 is 1.43 bits per heavy atom. The van der Waals surface area contributed by atoms with Crippen molar-refractivity contribution in [3.8, 4) is 0 Å². The molecule has 2 N–H and O–H groups in total. The molecule has 0 aromatic rings. The van der Waals surface area contributed by atoms with Crippen molar-refractivity contribution in [2.45, 2.75) is 36.6 Å². The summed E-state index contributed by atoms with van der Waals surface area (Å²) < 4.78 is 0. The maximum absolute atomic E-state index is 10.4. The van der Waals surface area contributed by atoms with Gasteiger partial charge in [0.1, 0.15) is 0 Å². The average molecular weight is 216 g/mol. The number of hydrogen-bond donors (Lipinski definition) is 3. The SMILES string of the molecule is O=C(O)N[C@H]1CC[C@@H](N2CC(S)C2)C1. The quantitative estimate of drug-likeness (QED) is 0.598. The summed E-state index contributed by atoms with van der Waals surface area (Å²) in [5, 5.41) is 11.7. The molecular formula is C9H16N2O2S. The molecule has 2 aliphatic rings. The Bertz CT molecular complexity index is 231. The summed E-state index contributed by atoms with van der Waals surface area (Å²) in [6.45, 7) is 2.13. The fraction of sp³-hybridized carbons (Fsp3) is 0.889. The zero-order valence-electron chi connectivity index (χ0n) is 8.02. The average Bonchev–Trinajstić information content (AvgIpc) is 2.46. The minimum Gasteiger partial charge on any atom is -0.465 e. The lowest BCUT2D eigenvalue weighted by molar-refractivity contribution is 0.127. The number of rotatable bonds is 2. The van der Waals surface area contributed by atoms with Crippen LogP contribution in [0.5, 0.6) is 0 Å². The second-order valence-corrected chi connectivity index (χ2v) is 4.95. The normalized spacial score (nSPS) is 34.1. The van der Waals surface area contributed by atoms with Crippen LogP contribution in [0.15, 0.2) is 0 Å². The van der Waals surface area contributed by atoms with Gasteiger partial charge in [-0.1, -0.05) is 0 Å². The number of nitrogens with zero attached hydrogens (tertiary/aromatic N) is 1. The molecule has 0 bridgehead atoms. The van der Waals surface area contributed by atoms with Gasteiger partial charge in [-0.05, 0) is 19.3 Å². The standard InChI is InChI=1S/C9H16N2O2S/c12-9(13)10-6-1-2-7(3-6)11-4-8(14)5-11/h6-8,10,14H,1-5H2,(H,12,13)/t6-,7+/m0/s1. The molecular weight excluding hydrogens is 200 g/mol. The van der Waals surface area contributed by atoms with Crippen LogP contribution < -0.4 is 5.32 Å². The predicted molar refractivity (Wildman–Crippen MR) is 56.9 cm³/mol. The highest BCUT2D eigenvalue weighted by molar-refractivity contribution is 7.81. The zero-order valence-corrected chi connectivity index (χ0v) is 8.91. The van der Waals surface area contributed by atoms with Crippen LogP contribution in [0.3, 0.4) is 0 Å². The van der Waals surface area contributed by atoms with Gasteiger partial charge in [-0.3, -0.25) is 4.90 Å². The molecule has 1 saturated carbocycles. The Labute approximate surface area is 89.1 Å². The van der Waals surface area contributed by atoms with Crippen LogP contribution >= 0.6 is 12.6 Å². The Kier molecular flexibility index (Phi) is 2.88. The van der Waals surface area contributed by atoms with Crippen molar-refractivity contribution in [2.75, 3.05) is 13.1 Å². The van der Waals surface area contributed by atoms with Crippen molar-refractivity contribution in [3.63, 3.8) is 0 Å². The summed E-state index contributed by atoms with van der Waals surface area (Å²) in [4.78, 5) is 12.8. The first-order valence-electron chi connectivity index (χ1n) is 5.06. The Morgan fingerprint density at radius 3 is 2.71 bits per heavy atom. The van der Waals surface area contributed by atoms with Gasteiger partial charge in [-0.2, -0.15) is 12.6 Å². The van der Waals surface area contributed by atoms with E-state index in [-0.39, 0.29) is 6.04 Å². The number of nitrogens with one attached hydrogen (secondary N) is 1. The van der Waals surface area contributed by atoms with E-state index in [9.17, 15) is 4.79 Å². The van der Waals surface area contributed by atoms with E-state index < -0.39 is 6.09 Å². The molecule has 1 amide bonds.